The van der Waals surface area contributed by atoms with Crippen LogP contribution in [0.1, 0.15) is 29.8 Å². The fourth-order valence-corrected chi connectivity index (χ4v) is 3.58. The quantitative estimate of drug-likeness (QED) is 0.914. The molecule has 0 bridgehead atoms. The van der Waals surface area contributed by atoms with E-state index in [4.69, 9.17) is 0 Å². The highest BCUT2D eigenvalue weighted by Crippen LogP contribution is 2.25. The molecule has 2 aromatic heterocycles. The molecule has 1 fully saturated rings. The SMILES string of the molecule is O=c1cccnn1CC1CN(Cc2n[nH]c3c2CCCC3)C1. The standard InChI is InChI=1S/C16H21N5O/c22-16-6-3-7-17-21(16)10-12-8-20(9-12)11-15-13-4-1-2-5-14(13)18-19-15/h3,6-7,12H,1-2,4-5,8-11H2,(H,18,19). The van der Waals surface area contributed by atoms with Gasteiger partial charge in [-0.25, -0.2) is 4.68 Å². The van der Waals surface area contributed by atoms with Crippen LogP contribution in [-0.4, -0.2) is 38.0 Å². The van der Waals surface area contributed by atoms with E-state index in [1.165, 1.54) is 36.2 Å². The number of aromatic nitrogens is 4. The minimum absolute atomic E-state index is 0.0117. The maximum absolute atomic E-state index is 11.7. The predicted octanol–water partition coefficient (Wildman–Crippen LogP) is 0.977. The van der Waals surface area contributed by atoms with Crippen molar-refractivity contribution in [2.24, 2.45) is 5.92 Å². The fraction of sp³-hybridized carbons (Fsp3) is 0.562. The highest BCUT2D eigenvalue weighted by Gasteiger charge is 2.29. The Morgan fingerprint density at radius 1 is 1.27 bits per heavy atom. The lowest BCUT2D eigenvalue weighted by molar-refractivity contribution is 0.0751. The van der Waals surface area contributed by atoms with Gasteiger partial charge in [-0.1, -0.05) is 0 Å². The number of nitrogens with zero attached hydrogens (tertiary/aromatic N) is 4. The van der Waals surface area contributed by atoms with E-state index in [-0.39, 0.29) is 5.56 Å². The molecule has 0 amide bonds. The average Bonchev–Trinajstić information content (AvgIpc) is 2.90. The van der Waals surface area contributed by atoms with Crippen molar-refractivity contribution >= 4 is 0 Å². The molecule has 0 atom stereocenters. The van der Waals surface area contributed by atoms with Crippen LogP contribution in [0.25, 0.3) is 0 Å². The van der Waals surface area contributed by atoms with Gasteiger partial charge in [0.1, 0.15) is 0 Å². The van der Waals surface area contributed by atoms with Gasteiger partial charge in [-0.2, -0.15) is 10.2 Å². The first kappa shape index (κ1) is 13.7. The number of rotatable bonds is 4. The Balaban J connectivity index is 1.33. The molecule has 0 radical (unpaired) electrons. The number of nitrogens with one attached hydrogen (secondary N) is 1. The second-order valence-corrected chi connectivity index (χ2v) is 6.44. The van der Waals surface area contributed by atoms with Gasteiger partial charge in [-0.05, 0) is 37.3 Å². The van der Waals surface area contributed by atoms with Crippen LogP contribution < -0.4 is 5.56 Å². The molecule has 0 spiro atoms. The molecule has 3 heterocycles. The molecule has 0 unspecified atom stereocenters. The van der Waals surface area contributed by atoms with Crippen LogP contribution in [0.4, 0.5) is 0 Å². The number of fused-ring (bicyclic) bond motifs is 1. The van der Waals surface area contributed by atoms with Gasteiger partial charge in [0, 0.05) is 43.5 Å². The second-order valence-electron chi connectivity index (χ2n) is 6.44. The molecular formula is C16H21N5O. The van der Waals surface area contributed by atoms with E-state index < -0.39 is 0 Å². The van der Waals surface area contributed by atoms with Crippen LogP contribution in [0.15, 0.2) is 23.1 Å². The van der Waals surface area contributed by atoms with E-state index in [1.54, 1.807) is 23.0 Å². The summed E-state index contributed by atoms with van der Waals surface area (Å²) in [5, 5.41) is 11.8. The first-order valence-electron chi connectivity index (χ1n) is 8.09. The number of likely N-dealkylation sites (tertiary alicyclic amines) is 1. The lowest BCUT2D eigenvalue weighted by atomic mass is 9.94. The zero-order chi connectivity index (χ0) is 14.9. The monoisotopic (exact) mass is 299 g/mol. The largest absolute Gasteiger partial charge is 0.297 e. The smallest absolute Gasteiger partial charge is 0.266 e. The van der Waals surface area contributed by atoms with Crippen molar-refractivity contribution in [1.82, 2.24) is 24.9 Å². The van der Waals surface area contributed by atoms with Gasteiger partial charge >= 0.3 is 0 Å². The molecule has 2 aromatic rings. The van der Waals surface area contributed by atoms with E-state index >= 15 is 0 Å². The molecule has 6 nitrogen and oxygen atoms in total. The van der Waals surface area contributed by atoms with Crippen molar-refractivity contribution in [2.75, 3.05) is 13.1 Å². The molecule has 0 aromatic carbocycles. The third kappa shape index (κ3) is 2.59. The first-order valence-corrected chi connectivity index (χ1v) is 8.09. The van der Waals surface area contributed by atoms with Crippen molar-refractivity contribution < 1.29 is 0 Å². The van der Waals surface area contributed by atoms with E-state index in [0.29, 0.717) is 5.92 Å². The van der Waals surface area contributed by atoms with Gasteiger partial charge < -0.3 is 0 Å². The lowest BCUT2D eigenvalue weighted by Crippen LogP contribution is -2.49. The number of aryl methyl sites for hydroxylation is 1. The van der Waals surface area contributed by atoms with Gasteiger partial charge in [0.2, 0.25) is 0 Å². The summed E-state index contributed by atoms with van der Waals surface area (Å²) in [5.74, 6) is 0.516. The predicted molar refractivity (Wildman–Crippen MR) is 82.5 cm³/mol. The summed E-state index contributed by atoms with van der Waals surface area (Å²) in [6, 6.07) is 3.26. The van der Waals surface area contributed by atoms with Crippen LogP contribution >= 0.6 is 0 Å². The van der Waals surface area contributed by atoms with Crippen LogP contribution in [-0.2, 0) is 25.9 Å². The Morgan fingerprint density at radius 2 is 2.14 bits per heavy atom. The summed E-state index contributed by atoms with van der Waals surface area (Å²) in [5.41, 5.74) is 4.01. The third-order valence-corrected chi connectivity index (χ3v) is 4.76. The van der Waals surface area contributed by atoms with Crippen LogP contribution in [0.2, 0.25) is 0 Å². The molecule has 1 aliphatic carbocycles. The van der Waals surface area contributed by atoms with Gasteiger partial charge in [-0.3, -0.25) is 14.8 Å². The summed E-state index contributed by atoms with van der Waals surface area (Å²) >= 11 is 0. The molecule has 1 N–H and O–H groups in total. The molecule has 0 saturated carbocycles. The zero-order valence-corrected chi connectivity index (χ0v) is 12.7. The maximum atomic E-state index is 11.7. The Labute approximate surface area is 129 Å². The number of hydrogen-bond donors (Lipinski definition) is 1. The van der Waals surface area contributed by atoms with Crippen molar-refractivity contribution in [3.8, 4) is 0 Å². The molecule has 1 saturated heterocycles. The molecule has 116 valence electrons. The summed E-state index contributed by atoms with van der Waals surface area (Å²) in [6.45, 7) is 3.68. The second kappa shape index (κ2) is 5.68. The summed E-state index contributed by atoms with van der Waals surface area (Å²) < 4.78 is 1.57. The fourth-order valence-electron chi connectivity index (χ4n) is 3.58. The van der Waals surface area contributed by atoms with E-state index in [2.05, 4.69) is 20.2 Å². The topological polar surface area (TPSA) is 66.8 Å². The van der Waals surface area contributed by atoms with Crippen LogP contribution in [0.5, 0.6) is 0 Å². The van der Waals surface area contributed by atoms with Crippen molar-refractivity contribution in [2.45, 2.75) is 38.8 Å². The molecule has 1 aliphatic heterocycles. The first-order chi connectivity index (χ1) is 10.8. The summed E-state index contributed by atoms with van der Waals surface area (Å²) in [4.78, 5) is 14.1. The Morgan fingerprint density at radius 3 is 3.00 bits per heavy atom. The van der Waals surface area contributed by atoms with Gasteiger partial charge in [0.05, 0.1) is 12.2 Å². The lowest BCUT2D eigenvalue weighted by Gasteiger charge is -2.39. The molecular weight excluding hydrogens is 278 g/mol. The van der Waals surface area contributed by atoms with E-state index in [0.717, 1.165) is 32.6 Å². The molecule has 2 aliphatic rings. The summed E-state index contributed by atoms with van der Waals surface area (Å²) in [7, 11) is 0. The molecule has 22 heavy (non-hydrogen) atoms. The Bertz CT molecular complexity index is 713. The number of H-pyrrole nitrogens is 1. The minimum Gasteiger partial charge on any atom is -0.297 e. The molecule has 6 heteroatoms. The Hall–Kier alpha value is -1.95. The number of aromatic amines is 1. The maximum Gasteiger partial charge on any atom is 0.266 e. The van der Waals surface area contributed by atoms with E-state index in [1.807, 2.05) is 0 Å². The highest BCUT2D eigenvalue weighted by atomic mass is 16.1. The van der Waals surface area contributed by atoms with Crippen LogP contribution in [0.3, 0.4) is 0 Å². The highest BCUT2D eigenvalue weighted by molar-refractivity contribution is 5.27. The van der Waals surface area contributed by atoms with Crippen molar-refractivity contribution in [3.05, 3.63) is 45.6 Å². The Kier molecular flexibility index (Phi) is 3.54. The molecule has 4 rings (SSSR count). The van der Waals surface area contributed by atoms with E-state index in [9.17, 15) is 4.79 Å². The van der Waals surface area contributed by atoms with Crippen molar-refractivity contribution in [3.63, 3.8) is 0 Å². The van der Waals surface area contributed by atoms with Gasteiger partial charge in [0.25, 0.3) is 5.56 Å². The zero-order valence-electron chi connectivity index (χ0n) is 12.7. The van der Waals surface area contributed by atoms with Gasteiger partial charge in [0.15, 0.2) is 0 Å². The number of hydrogen-bond acceptors (Lipinski definition) is 4. The summed E-state index contributed by atoms with van der Waals surface area (Å²) in [6.07, 6.45) is 6.55. The van der Waals surface area contributed by atoms with Crippen molar-refractivity contribution in [1.29, 1.82) is 0 Å². The minimum atomic E-state index is -0.0117. The van der Waals surface area contributed by atoms with Crippen LogP contribution in [0, 0.1) is 5.92 Å². The average molecular weight is 299 g/mol. The normalized spacial score (nSPS) is 18.9. The third-order valence-electron chi connectivity index (χ3n) is 4.76. The van der Waals surface area contributed by atoms with Gasteiger partial charge in [-0.15, -0.1) is 0 Å².